The molecule has 320 valence electrons. The SMILES string of the molecule is CCCCCCCCCCCCCCCCCC(=O)OC[C@H](COP(=O)([O-])OCC[N+](C)(C)C)OCCCCCCCC/C=C/C=C/C(O)CCCCC. The second kappa shape index (κ2) is 37.5. The van der Waals surface area contributed by atoms with Crippen LogP contribution >= 0.6 is 7.82 Å². The highest BCUT2D eigenvalue weighted by Crippen LogP contribution is 2.38. The number of unbranched alkanes of at least 4 members (excludes halogenated alkanes) is 22. The number of rotatable bonds is 41. The van der Waals surface area contributed by atoms with Crippen LogP contribution in [0.25, 0.3) is 0 Å². The largest absolute Gasteiger partial charge is 0.756 e. The van der Waals surface area contributed by atoms with Gasteiger partial charge in [0.2, 0.25) is 0 Å². The highest BCUT2D eigenvalue weighted by atomic mass is 31.2. The number of carbonyl (C=O) groups excluding carboxylic acids is 1. The van der Waals surface area contributed by atoms with Gasteiger partial charge < -0.3 is 33.0 Å². The van der Waals surface area contributed by atoms with Crippen molar-refractivity contribution in [1.82, 2.24) is 0 Å². The van der Waals surface area contributed by atoms with Crippen molar-refractivity contribution in [2.24, 2.45) is 0 Å². The van der Waals surface area contributed by atoms with Crippen LogP contribution in [0, 0.1) is 0 Å². The Balaban J connectivity index is 4.27. The molecular formula is C44H86NO8P. The molecule has 3 atom stereocenters. The Morgan fingerprint density at radius 1 is 0.667 bits per heavy atom. The molecule has 0 rings (SSSR count). The molecule has 0 aromatic carbocycles. The number of likely N-dealkylation sites (N-methyl/N-ethyl adjacent to an activating group) is 1. The lowest BCUT2D eigenvalue weighted by molar-refractivity contribution is -0.870. The van der Waals surface area contributed by atoms with Crippen LogP contribution in [-0.2, 0) is 27.9 Å². The first kappa shape index (κ1) is 52.9. The van der Waals surface area contributed by atoms with Crippen LogP contribution in [0.4, 0.5) is 0 Å². The van der Waals surface area contributed by atoms with Crippen molar-refractivity contribution in [1.29, 1.82) is 0 Å². The Kier molecular flexibility index (Phi) is 36.8. The van der Waals surface area contributed by atoms with E-state index in [0.717, 1.165) is 77.0 Å². The van der Waals surface area contributed by atoms with Gasteiger partial charge in [-0.2, -0.15) is 0 Å². The Bertz CT molecular complexity index is 938. The third-order valence-electron chi connectivity index (χ3n) is 9.65. The summed E-state index contributed by atoms with van der Waals surface area (Å²) in [5, 5.41) is 9.94. The average molecular weight is 788 g/mol. The van der Waals surface area contributed by atoms with Crippen molar-refractivity contribution in [3.05, 3.63) is 24.3 Å². The highest BCUT2D eigenvalue weighted by Gasteiger charge is 2.19. The molecule has 0 amide bonds. The second-order valence-corrected chi connectivity index (χ2v) is 17.7. The summed E-state index contributed by atoms with van der Waals surface area (Å²) in [5.74, 6) is -0.284. The molecule has 0 spiro atoms. The maximum Gasteiger partial charge on any atom is 0.305 e. The van der Waals surface area contributed by atoms with Crippen molar-refractivity contribution in [3.8, 4) is 0 Å². The van der Waals surface area contributed by atoms with E-state index in [-0.39, 0.29) is 31.9 Å². The Morgan fingerprint density at radius 2 is 1.19 bits per heavy atom. The van der Waals surface area contributed by atoms with Crippen LogP contribution in [0.15, 0.2) is 24.3 Å². The number of phosphoric acid groups is 1. The molecule has 1 N–H and O–H groups in total. The summed E-state index contributed by atoms with van der Waals surface area (Å²) in [6.07, 6.45) is 38.1. The lowest BCUT2D eigenvalue weighted by atomic mass is 10.0. The van der Waals surface area contributed by atoms with E-state index < -0.39 is 13.9 Å². The van der Waals surface area contributed by atoms with Gasteiger partial charge >= 0.3 is 5.97 Å². The van der Waals surface area contributed by atoms with E-state index in [1.165, 1.54) is 89.9 Å². The van der Waals surface area contributed by atoms with Gasteiger partial charge in [-0.3, -0.25) is 9.36 Å². The maximum absolute atomic E-state index is 12.5. The summed E-state index contributed by atoms with van der Waals surface area (Å²) in [6, 6.07) is 0. The molecule has 0 aliphatic rings. The van der Waals surface area contributed by atoms with Gasteiger partial charge in [0.15, 0.2) is 0 Å². The van der Waals surface area contributed by atoms with Crippen molar-refractivity contribution in [2.45, 2.75) is 199 Å². The first-order valence-corrected chi connectivity index (χ1v) is 23.6. The lowest BCUT2D eigenvalue weighted by Crippen LogP contribution is -2.37. The van der Waals surface area contributed by atoms with Gasteiger partial charge in [0.25, 0.3) is 7.82 Å². The zero-order chi connectivity index (χ0) is 40.0. The number of aliphatic hydroxyl groups is 1. The van der Waals surface area contributed by atoms with Crippen LogP contribution in [0.3, 0.4) is 0 Å². The fraction of sp³-hybridized carbons (Fsp3) is 0.886. The molecule has 54 heavy (non-hydrogen) atoms. The molecule has 0 heterocycles. The Morgan fingerprint density at radius 3 is 1.76 bits per heavy atom. The summed E-state index contributed by atoms with van der Waals surface area (Å²) in [7, 11) is 1.36. The molecule has 10 heteroatoms. The van der Waals surface area contributed by atoms with Crippen molar-refractivity contribution in [3.63, 3.8) is 0 Å². The minimum absolute atomic E-state index is 0.0285. The van der Waals surface area contributed by atoms with Crippen LogP contribution < -0.4 is 4.89 Å². The molecule has 0 saturated heterocycles. The fourth-order valence-electron chi connectivity index (χ4n) is 6.07. The first-order chi connectivity index (χ1) is 26.0. The predicted octanol–water partition coefficient (Wildman–Crippen LogP) is 11.2. The van der Waals surface area contributed by atoms with Crippen molar-refractivity contribution >= 4 is 13.8 Å². The molecule has 0 saturated carbocycles. The summed E-state index contributed by atoms with van der Waals surface area (Å²) in [5.41, 5.74) is 0. The molecule has 0 aliphatic heterocycles. The van der Waals surface area contributed by atoms with Gasteiger partial charge in [-0.05, 0) is 32.1 Å². The van der Waals surface area contributed by atoms with Gasteiger partial charge in [-0.1, -0.05) is 173 Å². The summed E-state index contributed by atoms with van der Waals surface area (Å²) < 4.78 is 34.6. The quantitative estimate of drug-likeness (QED) is 0.0214. The summed E-state index contributed by atoms with van der Waals surface area (Å²) in [4.78, 5) is 24.9. The van der Waals surface area contributed by atoms with E-state index >= 15 is 0 Å². The van der Waals surface area contributed by atoms with Crippen molar-refractivity contribution < 1.29 is 42.4 Å². The number of ether oxygens (including phenoxy) is 2. The monoisotopic (exact) mass is 788 g/mol. The smallest absolute Gasteiger partial charge is 0.305 e. The van der Waals surface area contributed by atoms with Crippen LogP contribution in [0.1, 0.15) is 187 Å². The second-order valence-electron chi connectivity index (χ2n) is 16.3. The Labute approximate surface area is 333 Å². The molecule has 0 radical (unpaired) electrons. The zero-order valence-corrected chi connectivity index (χ0v) is 36.7. The number of hydrogen-bond donors (Lipinski definition) is 1. The molecule has 0 aliphatic carbocycles. The summed E-state index contributed by atoms with van der Waals surface area (Å²) in [6.45, 7) is 5.12. The van der Waals surface area contributed by atoms with E-state index in [1.807, 2.05) is 39.4 Å². The Hall–Kier alpha value is -1.06. The summed E-state index contributed by atoms with van der Waals surface area (Å²) >= 11 is 0. The van der Waals surface area contributed by atoms with Gasteiger partial charge in [-0.15, -0.1) is 0 Å². The number of carbonyl (C=O) groups is 1. The third kappa shape index (κ3) is 40.6. The predicted molar refractivity (Wildman–Crippen MR) is 223 cm³/mol. The third-order valence-corrected chi connectivity index (χ3v) is 10.6. The van der Waals surface area contributed by atoms with E-state index in [2.05, 4.69) is 19.9 Å². The number of esters is 1. The minimum atomic E-state index is -4.51. The number of aliphatic hydroxyl groups excluding tert-OH is 1. The highest BCUT2D eigenvalue weighted by molar-refractivity contribution is 7.45. The number of quaternary nitrogens is 1. The van der Waals surface area contributed by atoms with Gasteiger partial charge in [0.05, 0.1) is 33.9 Å². The molecule has 2 unspecified atom stereocenters. The maximum atomic E-state index is 12.5. The van der Waals surface area contributed by atoms with Gasteiger partial charge in [-0.25, -0.2) is 0 Å². The van der Waals surface area contributed by atoms with Gasteiger partial charge in [0, 0.05) is 13.0 Å². The average Bonchev–Trinajstić information content (AvgIpc) is 3.12. The number of phosphoric ester groups is 1. The first-order valence-electron chi connectivity index (χ1n) is 22.2. The van der Waals surface area contributed by atoms with Gasteiger partial charge in [0.1, 0.15) is 25.9 Å². The fourth-order valence-corrected chi connectivity index (χ4v) is 6.80. The standard InChI is InChI=1S/C44H86NO8P/c1-6-8-10-11-12-13-14-15-16-17-18-22-25-28-32-36-44(47)51-40-43(41-53-54(48,49)52-39-37-45(3,4)5)50-38-33-29-26-23-20-19-21-24-27-31-35-42(46)34-30-9-7-2/h24,27,31,35,42-43,46H,6-23,25-26,28-30,32-34,36-41H2,1-5H3/b27-24+,35-31+/t42?,43-/m1/s1. The van der Waals surface area contributed by atoms with Crippen LogP contribution in [0.2, 0.25) is 0 Å². The molecule has 0 aromatic rings. The number of allylic oxidation sites excluding steroid dienone is 3. The van der Waals surface area contributed by atoms with E-state index in [9.17, 15) is 19.4 Å². The lowest BCUT2D eigenvalue weighted by Gasteiger charge is -2.28. The topological polar surface area (TPSA) is 114 Å². The minimum Gasteiger partial charge on any atom is -0.756 e. The molecule has 0 bridgehead atoms. The molecule has 0 fully saturated rings. The van der Waals surface area contributed by atoms with E-state index in [0.29, 0.717) is 24.1 Å². The van der Waals surface area contributed by atoms with Crippen molar-refractivity contribution in [2.75, 3.05) is 54.1 Å². The van der Waals surface area contributed by atoms with Crippen LogP contribution in [-0.4, -0.2) is 81.9 Å². The molecule has 9 nitrogen and oxygen atoms in total. The molecule has 0 aromatic heterocycles. The number of hydrogen-bond acceptors (Lipinski definition) is 8. The normalized spacial score (nSPS) is 14.6. The number of nitrogens with zero attached hydrogens (tertiary/aromatic N) is 1. The van der Waals surface area contributed by atoms with E-state index in [4.69, 9.17) is 18.5 Å². The van der Waals surface area contributed by atoms with Crippen LogP contribution in [0.5, 0.6) is 0 Å². The zero-order valence-electron chi connectivity index (χ0n) is 35.8. The van der Waals surface area contributed by atoms with E-state index in [1.54, 1.807) is 0 Å². The molecular weight excluding hydrogens is 701 g/mol.